The lowest BCUT2D eigenvalue weighted by atomic mass is 9.99. The molecule has 1 aromatic carbocycles. The number of hydrogen-bond acceptors (Lipinski definition) is 8. The van der Waals surface area contributed by atoms with Crippen molar-refractivity contribution in [2.24, 2.45) is 0 Å². The number of aliphatic hydroxyl groups excluding tert-OH is 3. The molecule has 0 saturated carbocycles. The third kappa shape index (κ3) is 6.55. The number of benzene rings is 1. The topological polar surface area (TPSA) is 138 Å². The number of hydrogen-bond donors (Lipinski definition) is 5. The first-order chi connectivity index (χ1) is 13.7. The number of ether oxygens (including phenoxy) is 3. The van der Waals surface area contributed by atoms with Gasteiger partial charge in [-0.1, -0.05) is 6.07 Å². The molecular weight excluding hydrogens is 394 g/mol. The van der Waals surface area contributed by atoms with Crippen LogP contribution in [0.15, 0.2) is 18.2 Å². The highest BCUT2D eigenvalue weighted by atomic mass is 16.7. The van der Waals surface area contributed by atoms with E-state index in [0.29, 0.717) is 18.0 Å². The predicted molar refractivity (Wildman–Crippen MR) is 109 cm³/mol. The van der Waals surface area contributed by atoms with Crippen LogP contribution in [0, 0.1) is 0 Å². The van der Waals surface area contributed by atoms with Crippen LogP contribution in [-0.2, 0) is 20.9 Å². The Labute approximate surface area is 176 Å². The van der Waals surface area contributed by atoms with Gasteiger partial charge < -0.3 is 40.0 Å². The van der Waals surface area contributed by atoms with E-state index < -0.39 is 36.7 Å². The van der Waals surface area contributed by atoms with Crippen molar-refractivity contribution in [3.63, 3.8) is 0 Å². The summed E-state index contributed by atoms with van der Waals surface area (Å²) in [7, 11) is 0. The predicted octanol–water partition coefficient (Wildman–Crippen LogP) is 1.48. The first kappa shape index (κ1) is 24.4. The summed E-state index contributed by atoms with van der Waals surface area (Å²) in [6, 6.07) is 5.27. The van der Waals surface area contributed by atoms with E-state index in [9.17, 15) is 25.2 Å². The Morgan fingerprint density at radius 2 is 1.70 bits per heavy atom. The van der Waals surface area contributed by atoms with Gasteiger partial charge in [-0.15, -0.1) is 0 Å². The average molecular weight is 427 g/mol. The number of anilines is 1. The van der Waals surface area contributed by atoms with Crippen LogP contribution in [0.5, 0.6) is 5.75 Å². The van der Waals surface area contributed by atoms with Gasteiger partial charge in [-0.25, -0.2) is 4.79 Å². The number of aliphatic carboxylic acids is 1. The molecule has 2 rings (SSSR count). The maximum Gasteiger partial charge on any atom is 0.335 e. The van der Waals surface area contributed by atoms with Crippen LogP contribution < -0.4 is 10.1 Å². The summed E-state index contributed by atoms with van der Waals surface area (Å²) >= 11 is 0. The molecule has 1 heterocycles. The summed E-state index contributed by atoms with van der Waals surface area (Å²) < 4.78 is 16.8. The second kappa shape index (κ2) is 9.07. The fourth-order valence-electron chi connectivity index (χ4n) is 2.85. The van der Waals surface area contributed by atoms with Gasteiger partial charge in [-0.2, -0.15) is 0 Å². The molecule has 0 spiro atoms. The summed E-state index contributed by atoms with van der Waals surface area (Å²) in [5.41, 5.74) is 0.830. The summed E-state index contributed by atoms with van der Waals surface area (Å²) in [6.45, 7) is 12.1. The van der Waals surface area contributed by atoms with Crippen LogP contribution in [0.2, 0.25) is 0 Å². The van der Waals surface area contributed by atoms with Crippen LogP contribution in [0.3, 0.4) is 0 Å². The van der Waals surface area contributed by atoms with E-state index in [4.69, 9.17) is 14.2 Å². The smallest absolute Gasteiger partial charge is 0.335 e. The molecule has 170 valence electrons. The lowest BCUT2D eigenvalue weighted by Crippen LogP contribution is -2.61. The van der Waals surface area contributed by atoms with Crippen LogP contribution in [-0.4, -0.2) is 68.2 Å². The van der Waals surface area contributed by atoms with Gasteiger partial charge in [0.05, 0.1) is 17.9 Å². The van der Waals surface area contributed by atoms with E-state index in [1.165, 1.54) is 0 Å². The van der Waals surface area contributed by atoms with Gasteiger partial charge in [0, 0.05) is 5.54 Å². The van der Waals surface area contributed by atoms with Crippen LogP contribution in [0.1, 0.15) is 47.1 Å². The molecule has 9 nitrogen and oxygen atoms in total. The fraction of sp³-hybridized carbons (Fsp3) is 0.667. The fourth-order valence-corrected chi connectivity index (χ4v) is 2.85. The van der Waals surface area contributed by atoms with Crippen molar-refractivity contribution in [1.29, 1.82) is 0 Å². The van der Waals surface area contributed by atoms with Gasteiger partial charge in [-0.3, -0.25) is 0 Å². The zero-order chi connectivity index (χ0) is 22.9. The highest BCUT2D eigenvalue weighted by Crippen LogP contribution is 2.32. The molecule has 1 aromatic rings. The molecule has 1 fully saturated rings. The van der Waals surface area contributed by atoms with E-state index in [1.54, 1.807) is 12.1 Å². The molecule has 5 N–H and O–H groups in total. The summed E-state index contributed by atoms with van der Waals surface area (Å²) in [5, 5.41) is 42.6. The summed E-state index contributed by atoms with van der Waals surface area (Å²) in [4.78, 5) is 11.3. The van der Waals surface area contributed by atoms with Gasteiger partial charge in [0.25, 0.3) is 0 Å². The first-order valence-corrected chi connectivity index (χ1v) is 9.82. The van der Waals surface area contributed by atoms with Gasteiger partial charge in [0.2, 0.25) is 6.29 Å². The molecule has 30 heavy (non-hydrogen) atoms. The van der Waals surface area contributed by atoms with Crippen molar-refractivity contribution in [2.75, 3.05) is 5.32 Å². The number of carbonyl (C=O) groups is 1. The van der Waals surface area contributed by atoms with Crippen LogP contribution in [0.4, 0.5) is 5.69 Å². The number of aliphatic hydroxyl groups is 3. The molecule has 9 heteroatoms. The number of carboxylic acid groups (broad SMARTS) is 1. The zero-order valence-corrected chi connectivity index (χ0v) is 18.2. The maximum absolute atomic E-state index is 11.3. The SMILES string of the molecule is CC(C)(C)Nc1cc(COC(C)(C)C)ccc1OC1OC(C(=O)O)C(O)C(O)C1O. The lowest BCUT2D eigenvalue weighted by molar-refractivity contribution is -0.271. The normalized spacial score (nSPS) is 27.6. The third-order valence-electron chi connectivity index (χ3n) is 4.28. The van der Waals surface area contributed by atoms with E-state index in [2.05, 4.69) is 5.32 Å². The molecule has 0 radical (unpaired) electrons. The number of carboxylic acids is 1. The standard InChI is InChI=1S/C21H33NO8/c1-20(2,3)22-12-9-11(10-28-21(4,5)6)7-8-13(12)29-19-16(25)14(23)15(24)17(30-19)18(26)27/h7-9,14-17,19,22-25H,10H2,1-6H3,(H,26,27). The van der Waals surface area contributed by atoms with Gasteiger partial charge in [0.1, 0.15) is 24.1 Å². The Bertz CT molecular complexity index is 740. The first-order valence-electron chi connectivity index (χ1n) is 9.82. The molecule has 1 aliphatic rings. The van der Waals surface area contributed by atoms with E-state index in [0.717, 1.165) is 5.56 Å². The molecule has 0 amide bonds. The van der Waals surface area contributed by atoms with Crippen molar-refractivity contribution in [2.45, 2.75) is 90.0 Å². The van der Waals surface area contributed by atoms with E-state index in [1.807, 2.05) is 47.6 Å². The van der Waals surface area contributed by atoms with Crippen molar-refractivity contribution in [3.05, 3.63) is 23.8 Å². The minimum atomic E-state index is -1.78. The third-order valence-corrected chi connectivity index (χ3v) is 4.28. The van der Waals surface area contributed by atoms with Crippen LogP contribution >= 0.6 is 0 Å². The van der Waals surface area contributed by atoms with Gasteiger partial charge in [0.15, 0.2) is 6.10 Å². The minimum Gasteiger partial charge on any atom is -0.479 e. The van der Waals surface area contributed by atoms with Crippen molar-refractivity contribution in [1.82, 2.24) is 0 Å². The molecule has 1 saturated heterocycles. The monoisotopic (exact) mass is 427 g/mol. The second-order valence-corrected chi connectivity index (χ2v) is 9.46. The van der Waals surface area contributed by atoms with Crippen molar-refractivity contribution < 1.29 is 39.4 Å². The van der Waals surface area contributed by atoms with Gasteiger partial charge in [-0.05, 0) is 59.2 Å². The quantitative estimate of drug-likeness (QED) is 0.457. The largest absolute Gasteiger partial charge is 0.479 e. The Kier molecular flexibility index (Phi) is 7.36. The molecule has 5 atom stereocenters. The summed E-state index contributed by atoms with van der Waals surface area (Å²) in [5.74, 6) is -1.18. The highest BCUT2D eigenvalue weighted by molar-refractivity contribution is 5.73. The summed E-state index contributed by atoms with van der Waals surface area (Å²) in [6.07, 6.45) is -8.36. The number of nitrogens with one attached hydrogen (secondary N) is 1. The van der Waals surface area contributed by atoms with Gasteiger partial charge >= 0.3 is 5.97 Å². The minimum absolute atomic E-state index is 0.293. The van der Waals surface area contributed by atoms with Crippen molar-refractivity contribution >= 4 is 11.7 Å². The Morgan fingerprint density at radius 3 is 2.23 bits per heavy atom. The molecule has 5 unspecified atom stereocenters. The van der Waals surface area contributed by atoms with Crippen LogP contribution in [0.25, 0.3) is 0 Å². The van der Waals surface area contributed by atoms with E-state index in [-0.39, 0.29) is 11.1 Å². The zero-order valence-electron chi connectivity index (χ0n) is 18.2. The van der Waals surface area contributed by atoms with Crippen molar-refractivity contribution in [3.8, 4) is 5.75 Å². The Balaban J connectivity index is 2.29. The lowest BCUT2D eigenvalue weighted by Gasteiger charge is -2.38. The second-order valence-electron chi connectivity index (χ2n) is 9.46. The molecule has 0 aromatic heterocycles. The Morgan fingerprint density at radius 1 is 1.07 bits per heavy atom. The number of rotatable bonds is 6. The highest BCUT2D eigenvalue weighted by Gasteiger charge is 2.48. The average Bonchev–Trinajstić information content (AvgIpc) is 2.59. The van der Waals surface area contributed by atoms with E-state index >= 15 is 0 Å². The Hall–Kier alpha value is -1.91. The molecule has 0 bridgehead atoms. The molecule has 0 aliphatic carbocycles. The molecule has 1 aliphatic heterocycles. The molecular formula is C21H33NO8. The maximum atomic E-state index is 11.3.